The molecule has 3 aromatic rings. The quantitative estimate of drug-likeness (QED) is 0.106. The lowest BCUT2D eigenvalue weighted by molar-refractivity contribution is 0.225. The molecule has 36 heavy (non-hydrogen) atoms. The molecule has 198 valence electrons. The molecule has 2 heterocycles. The van der Waals surface area contributed by atoms with Gasteiger partial charge in [-0.25, -0.2) is 14.5 Å². The molecule has 0 aliphatic rings. The van der Waals surface area contributed by atoms with Crippen LogP contribution in [0.15, 0.2) is 29.4 Å². The Morgan fingerprint density at radius 2 is 1.83 bits per heavy atom. The molecule has 0 saturated heterocycles. The highest BCUT2D eigenvalue weighted by Gasteiger charge is 2.27. The van der Waals surface area contributed by atoms with E-state index in [0.717, 1.165) is 12.0 Å². The van der Waals surface area contributed by atoms with E-state index >= 15 is 0 Å². The summed E-state index contributed by atoms with van der Waals surface area (Å²) in [4.78, 5) is 14.0. The molecule has 0 spiro atoms. The van der Waals surface area contributed by atoms with E-state index in [1.54, 1.807) is 13.8 Å². The third-order valence-corrected chi connectivity index (χ3v) is 9.15. The van der Waals surface area contributed by atoms with Gasteiger partial charge in [-0.15, -0.1) is 0 Å². The molecule has 0 aliphatic carbocycles. The van der Waals surface area contributed by atoms with Gasteiger partial charge in [0.15, 0.2) is 21.8 Å². The minimum absolute atomic E-state index is 0.0133. The summed E-state index contributed by atoms with van der Waals surface area (Å²) in [5, 5.41) is 17.7. The maximum absolute atomic E-state index is 13.0. The van der Waals surface area contributed by atoms with Gasteiger partial charge < -0.3 is 10.4 Å². The first-order valence-corrected chi connectivity index (χ1v) is 15.4. The van der Waals surface area contributed by atoms with Crippen LogP contribution in [0.1, 0.15) is 51.9 Å². The maximum Gasteiger partial charge on any atom is 0.434 e. The molecule has 0 amide bonds. The Balaban J connectivity index is 2.00. The molecule has 0 fully saturated rings. The van der Waals surface area contributed by atoms with Gasteiger partial charge >= 0.3 is 7.75 Å². The number of rotatable bonds is 14. The number of aliphatic hydroxyl groups is 1. The van der Waals surface area contributed by atoms with Gasteiger partial charge in [-0.05, 0) is 44.7 Å². The fourth-order valence-electron chi connectivity index (χ4n) is 3.53. The van der Waals surface area contributed by atoms with E-state index in [1.807, 2.05) is 31.2 Å². The molecule has 0 radical (unpaired) electrons. The van der Waals surface area contributed by atoms with E-state index in [1.165, 1.54) is 23.1 Å². The lowest BCUT2D eigenvalue weighted by atomic mass is 10.0. The van der Waals surface area contributed by atoms with Crippen molar-refractivity contribution in [1.29, 1.82) is 0 Å². The number of halogens is 1. The third-order valence-electron chi connectivity index (χ3n) is 5.01. The molecular formula is C23H33ClN5O4PS2. The van der Waals surface area contributed by atoms with Gasteiger partial charge in [0.05, 0.1) is 25.9 Å². The number of thioether (sulfide) groups is 1. The smallest absolute Gasteiger partial charge is 0.394 e. The second kappa shape index (κ2) is 13.4. The Labute approximate surface area is 225 Å². The van der Waals surface area contributed by atoms with Crippen molar-refractivity contribution in [2.24, 2.45) is 5.92 Å². The first kappa shape index (κ1) is 29.1. The van der Waals surface area contributed by atoms with Crippen molar-refractivity contribution < 1.29 is 18.7 Å². The van der Waals surface area contributed by atoms with Gasteiger partial charge in [-0.3, -0.25) is 14.1 Å². The summed E-state index contributed by atoms with van der Waals surface area (Å²) in [7, 11) is -3.57. The van der Waals surface area contributed by atoms with Gasteiger partial charge in [-0.1, -0.05) is 66.7 Å². The minimum atomic E-state index is -3.57. The van der Waals surface area contributed by atoms with E-state index in [-0.39, 0.29) is 31.1 Å². The highest BCUT2D eigenvalue weighted by molar-refractivity contribution is 7.99. The van der Waals surface area contributed by atoms with Crippen molar-refractivity contribution in [3.05, 3.63) is 34.9 Å². The molecule has 3 rings (SSSR count). The van der Waals surface area contributed by atoms with Gasteiger partial charge in [0, 0.05) is 10.3 Å². The molecule has 0 bridgehead atoms. The molecule has 9 nitrogen and oxygen atoms in total. The number of aliphatic hydroxyl groups excluding tert-OH is 1. The Morgan fingerprint density at radius 3 is 2.44 bits per heavy atom. The van der Waals surface area contributed by atoms with E-state index in [4.69, 9.17) is 25.6 Å². The SMILES string of the molecule is CCOP(=O)(Nc1nc2nc(SC(C)c3ccccc3Cl)nc(NC(CO)CC(C)C)c2s1)OCC. The van der Waals surface area contributed by atoms with Gasteiger partial charge in [0.25, 0.3) is 0 Å². The van der Waals surface area contributed by atoms with Gasteiger partial charge in [0.2, 0.25) is 0 Å². The fraction of sp³-hybridized carbons (Fsp3) is 0.522. The number of nitrogens with one attached hydrogen (secondary N) is 2. The van der Waals surface area contributed by atoms with E-state index < -0.39 is 7.75 Å². The molecule has 2 atom stereocenters. The maximum atomic E-state index is 13.0. The van der Waals surface area contributed by atoms with Crippen LogP contribution in [-0.4, -0.2) is 45.9 Å². The summed E-state index contributed by atoms with van der Waals surface area (Å²) < 4.78 is 24.4. The monoisotopic (exact) mass is 573 g/mol. The normalized spacial score (nSPS) is 13.8. The molecule has 0 saturated carbocycles. The molecule has 2 unspecified atom stereocenters. The summed E-state index contributed by atoms with van der Waals surface area (Å²) in [5.74, 6) is 0.935. The van der Waals surface area contributed by atoms with Crippen LogP contribution in [0.5, 0.6) is 0 Å². The van der Waals surface area contributed by atoms with Crippen molar-refractivity contribution in [2.45, 2.75) is 57.5 Å². The average Bonchev–Trinajstić information content (AvgIpc) is 3.20. The summed E-state index contributed by atoms with van der Waals surface area (Å²) in [5.41, 5.74) is 1.42. The van der Waals surface area contributed by atoms with Crippen LogP contribution in [0.2, 0.25) is 5.02 Å². The summed E-state index contributed by atoms with van der Waals surface area (Å²) >= 11 is 9.10. The predicted octanol–water partition coefficient (Wildman–Crippen LogP) is 7.00. The molecule has 2 aromatic heterocycles. The Hall–Kier alpha value is -1.46. The van der Waals surface area contributed by atoms with Gasteiger partial charge in [-0.2, -0.15) is 4.98 Å². The van der Waals surface area contributed by atoms with Crippen LogP contribution in [0.3, 0.4) is 0 Å². The minimum Gasteiger partial charge on any atom is -0.394 e. The zero-order valence-electron chi connectivity index (χ0n) is 21.0. The van der Waals surface area contributed by atoms with Crippen LogP contribution in [-0.2, 0) is 13.6 Å². The van der Waals surface area contributed by atoms with Gasteiger partial charge in [0.1, 0.15) is 4.70 Å². The average molecular weight is 574 g/mol. The third kappa shape index (κ3) is 7.77. The largest absolute Gasteiger partial charge is 0.434 e. The number of nitrogens with zero attached hydrogens (tertiary/aromatic N) is 3. The molecule has 13 heteroatoms. The zero-order chi connectivity index (χ0) is 26.3. The molecule has 0 aliphatic heterocycles. The lowest BCUT2D eigenvalue weighted by Gasteiger charge is -2.19. The summed E-state index contributed by atoms with van der Waals surface area (Å²) in [6.07, 6.45) is 0.758. The van der Waals surface area contributed by atoms with Crippen LogP contribution in [0.25, 0.3) is 10.3 Å². The number of thiazole rings is 1. The summed E-state index contributed by atoms with van der Waals surface area (Å²) in [6.45, 7) is 10.1. The fourth-order valence-corrected chi connectivity index (χ4v) is 7.22. The van der Waals surface area contributed by atoms with Crippen LogP contribution in [0, 0.1) is 5.92 Å². The van der Waals surface area contributed by atoms with Crippen LogP contribution in [0.4, 0.5) is 10.9 Å². The topological polar surface area (TPSA) is 118 Å². The van der Waals surface area contributed by atoms with Crippen molar-refractivity contribution in [1.82, 2.24) is 15.0 Å². The molecular weight excluding hydrogens is 541 g/mol. The highest BCUT2D eigenvalue weighted by atomic mass is 35.5. The van der Waals surface area contributed by atoms with Crippen LogP contribution < -0.4 is 10.4 Å². The number of fused-ring (bicyclic) bond motifs is 1. The Morgan fingerprint density at radius 1 is 1.14 bits per heavy atom. The summed E-state index contributed by atoms with van der Waals surface area (Å²) in [6, 6.07) is 7.48. The number of benzene rings is 1. The second-order valence-corrected chi connectivity index (χ2v) is 12.9. The van der Waals surface area contributed by atoms with Crippen molar-refractivity contribution in [3.63, 3.8) is 0 Å². The number of aromatic nitrogens is 3. The number of anilines is 2. The van der Waals surface area contributed by atoms with E-state index in [2.05, 4.69) is 34.2 Å². The van der Waals surface area contributed by atoms with Crippen molar-refractivity contribution in [2.75, 3.05) is 30.2 Å². The molecule has 3 N–H and O–H groups in total. The number of hydrogen-bond donors (Lipinski definition) is 3. The van der Waals surface area contributed by atoms with E-state index in [0.29, 0.717) is 37.4 Å². The number of hydrogen-bond acceptors (Lipinski definition) is 10. The second-order valence-electron chi connectivity index (χ2n) is 8.41. The Bertz CT molecular complexity index is 1190. The zero-order valence-corrected chi connectivity index (χ0v) is 24.3. The van der Waals surface area contributed by atoms with Crippen molar-refractivity contribution in [3.8, 4) is 0 Å². The van der Waals surface area contributed by atoms with E-state index in [9.17, 15) is 9.67 Å². The lowest BCUT2D eigenvalue weighted by Crippen LogP contribution is -2.26. The van der Waals surface area contributed by atoms with Crippen molar-refractivity contribution >= 4 is 63.7 Å². The predicted molar refractivity (Wildman–Crippen MR) is 149 cm³/mol. The highest BCUT2D eigenvalue weighted by Crippen LogP contribution is 2.49. The first-order valence-electron chi connectivity index (χ1n) is 11.8. The first-order chi connectivity index (χ1) is 17.2. The Kier molecular flexibility index (Phi) is 10.8. The standard InChI is InChI=1S/C23H33ClN5O4PS2/c1-6-32-34(31,33-7-2)29-23-28-21-19(36-23)20(25-16(13-30)12-14(3)4)26-22(27-21)35-15(5)17-10-8-9-11-18(17)24/h8-11,14-16,30H,6-7,12-13H2,1-5H3,(H2,25,26,27,28,29,31). The molecule has 1 aromatic carbocycles. The van der Waals surface area contributed by atoms with Crippen LogP contribution >= 0.6 is 42.4 Å².